The molecule has 1 unspecified atom stereocenters. The minimum Gasteiger partial charge on any atom is -0.502 e. The molecule has 1 N–H and O–H groups in total. The van der Waals surface area contributed by atoms with E-state index >= 15 is 0 Å². The summed E-state index contributed by atoms with van der Waals surface area (Å²) in [6.07, 6.45) is -0.171. The Morgan fingerprint density at radius 2 is 1.83 bits per heavy atom. The Morgan fingerprint density at radius 1 is 1.14 bits per heavy atom. The fourth-order valence-electron chi connectivity index (χ4n) is 3.36. The van der Waals surface area contributed by atoms with E-state index in [4.69, 9.17) is 13.9 Å². The number of ether oxygens (including phenoxy) is 2. The van der Waals surface area contributed by atoms with Crippen molar-refractivity contribution in [2.45, 2.75) is 18.9 Å². The Balaban J connectivity index is 2.23. The molecule has 9 heteroatoms. The van der Waals surface area contributed by atoms with Gasteiger partial charge >= 0.3 is 11.7 Å². The largest absolute Gasteiger partial charge is 0.502 e. The Morgan fingerprint density at radius 3 is 2.48 bits per heavy atom. The Kier molecular flexibility index (Phi) is 5.60. The zero-order valence-electron chi connectivity index (χ0n) is 16.6. The van der Waals surface area contributed by atoms with Crippen LogP contribution in [0.4, 0.5) is 0 Å². The van der Waals surface area contributed by atoms with E-state index in [1.807, 2.05) is 0 Å². The maximum Gasteiger partial charge on any atom is 0.328 e. The molecule has 0 aliphatic rings. The average molecular weight is 402 g/mol. The molecule has 154 valence electrons. The van der Waals surface area contributed by atoms with Crippen LogP contribution in [0.25, 0.3) is 11.0 Å². The highest BCUT2D eigenvalue weighted by Crippen LogP contribution is 2.34. The first kappa shape index (κ1) is 20.4. The number of benzene rings is 1. The second-order valence-electron chi connectivity index (χ2n) is 6.70. The number of aromatic nitrogens is 2. The lowest BCUT2D eigenvalue weighted by molar-refractivity contribution is -0.140. The number of hydrogen-bond donors (Lipinski definition) is 1. The summed E-state index contributed by atoms with van der Waals surface area (Å²) in [5.41, 5.74) is 1.09. The van der Waals surface area contributed by atoms with E-state index in [9.17, 15) is 19.5 Å². The number of rotatable bonds is 6. The van der Waals surface area contributed by atoms with Gasteiger partial charge < -0.3 is 19.0 Å². The molecule has 1 atom stereocenters. The number of fused-ring (bicyclic) bond motifs is 1. The van der Waals surface area contributed by atoms with Gasteiger partial charge in [0.05, 0.1) is 30.5 Å². The van der Waals surface area contributed by atoms with Gasteiger partial charge in [0, 0.05) is 27.3 Å². The molecule has 2 heterocycles. The molecule has 0 bridgehead atoms. The van der Waals surface area contributed by atoms with Gasteiger partial charge in [-0.05, 0) is 17.7 Å². The van der Waals surface area contributed by atoms with E-state index in [0.717, 1.165) is 6.07 Å². The smallest absolute Gasteiger partial charge is 0.328 e. The standard InChI is InChI=1S/C20H22N2O7/c1-21-14-6-5-11(7-15(14)22(2)20(21)26)13(9-17(24)28-4)19-18(25)16(23)8-12(29-19)10-27-3/h5-8,13,25H,9-10H2,1-4H3. The molecule has 3 rings (SSSR count). The number of aromatic hydroxyl groups is 1. The van der Waals surface area contributed by atoms with Crippen molar-refractivity contribution in [1.29, 1.82) is 0 Å². The van der Waals surface area contributed by atoms with Crippen molar-refractivity contribution in [1.82, 2.24) is 9.13 Å². The Bertz CT molecular complexity index is 1190. The number of hydrogen-bond acceptors (Lipinski definition) is 7. The summed E-state index contributed by atoms with van der Waals surface area (Å²) in [4.78, 5) is 36.5. The van der Waals surface area contributed by atoms with Crippen molar-refractivity contribution in [2.75, 3.05) is 14.2 Å². The van der Waals surface area contributed by atoms with Crippen molar-refractivity contribution in [3.63, 3.8) is 0 Å². The summed E-state index contributed by atoms with van der Waals surface area (Å²) in [5.74, 6) is -1.77. The molecule has 0 aliphatic carbocycles. The highest BCUT2D eigenvalue weighted by Gasteiger charge is 2.27. The van der Waals surface area contributed by atoms with E-state index in [-0.39, 0.29) is 30.2 Å². The summed E-state index contributed by atoms with van der Waals surface area (Å²) in [6, 6.07) is 6.33. The molecule has 9 nitrogen and oxygen atoms in total. The van der Waals surface area contributed by atoms with Crippen LogP contribution in [0.1, 0.15) is 29.4 Å². The molecule has 0 radical (unpaired) electrons. The van der Waals surface area contributed by atoms with Crippen LogP contribution >= 0.6 is 0 Å². The van der Waals surface area contributed by atoms with Gasteiger partial charge in [-0.2, -0.15) is 0 Å². The number of carbonyl (C=O) groups is 1. The fraction of sp³-hybridized carbons (Fsp3) is 0.350. The van der Waals surface area contributed by atoms with Gasteiger partial charge in [-0.15, -0.1) is 0 Å². The molecule has 2 aromatic heterocycles. The van der Waals surface area contributed by atoms with Crippen molar-refractivity contribution in [3.05, 3.63) is 62.1 Å². The molecule has 3 aromatic rings. The van der Waals surface area contributed by atoms with Crippen LogP contribution in [0.5, 0.6) is 5.75 Å². The highest BCUT2D eigenvalue weighted by molar-refractivity contribution is 5.78. The van der Waals surface area contributed by atoms with Gasteiger partial charge in [0.1, 0.15) is 12.4 Å². The summed E-state index contributed by atoms with van der Waals surface area (Å²) < 4.78 is 18.5. The average Bonchev–Trinajstić information content (AvgIpc) is 2.92. The van der Waals surface area contributed by atoms with Gasteiger partial charge in [-0.3, -0.25) is 18.7 Å². The lowest BCUT2D eigenvalue weighted by Crippen LogP contribution is -2.19. The third-order valence-electron chi connectivity index (χ3n) is 4.90. The quantitative estimate of drug-likeness (QED) is 0.620. The number of aryl methyl sites for hydroxylation is 2. The van der Waals surface area contributed by atoms with Crippen LogP contribution < -0.4 is 11.1 Å². The normalized spacial score (nSPS) is 12.3. The predicted molar refractivity (Wildman–Crippen MR) is 104 cm³/mol. The monoisotopic (exact) mass is 402 g/mol. The van der Waals surface area contributed by atoms with Crippen LogP contribution in [-0.2, 0) is 35.0 Å². The van der Waals surface area contributed by atoms with E-state index in [0.29, 0.717) is 16.6 Å². The second-order valence-corrected chi connectivity index (χ2v) is 6.70. The molecule has 1 aromatic carbocycles. The van der Waals surface area contributed by atoms with Crippen molar-refractivity contribution < 1.29 is 23.8 Å². The van der Waals surface area contributed by atoms with Crippen molar-refractivity contribution >= 4 is 17.0 Å². The Labute approximate surface area is 165 Å². The van der Waals surface area contributed by atoms with Crippen LogP contribution in [0.3, 0.4) is 0 Å². The third kappa shape index (κ3) is 3.68. The minimum absolute atomic E-state index is 0.0275. The SMILES string of the molecule is COCc1cc(=O)c(O)c(C(CC(=O)OC)c2ccc3c(c2)n(C)c(=O)n3C)o1. The maximum atomic E-state index is 12.2. The van der Waals surface area contributed by atoms with Crippen LogP contribution in [0, 0.1) is 0 Å². The number of imidazole rings is 1. The van der Waals surface area contributed by atoms with Crippen molar-refractivity contribution in [2.24, 2.45) is 14.1 Å². The molecule has 0 saturated carbocycles. The fourth-order valence-corrected chi connectivity index (χ4v) is 3.36. The minimum atomic E-state index is -0.799. The molecule has 0 saturated heterocycles. The van der Waals surface area contributed by atoms with Crippen LogP contribution in [0.2, 0.25) is 0 Å². The summed E-state index contributed by atoms with van der Waals surface area (Å²) >= 11 is 0. The predicted octanol–water partition coefficient (Wildman–Crippen LogP) is 1.38. The Hall–Kier alpha value is -3.33. The van der Waals surface area contributed by atoms with Gasteiger partial charge in [-0.25, -0.2) is 4.79 Å². The molecule has 0 fully saturated rings. The number of carbonyl (C=O) groups excluding carboxylic acids is 1. The first-order valence-electron chi connectivity index (χ1n) is 8.85. The molecule has 0 amide bonds. The first-order chi connectivity index (χ1) is 13.8. The van der Waals surface area contributed by atoms with Gasteiger partial charge in [-0.1, -0.05) is 6.07 Å². The van der Waals surface area contributed by atoms with E-state index in [1.54, 1.807) is 32.3 Å². The van der Waals surface area contributed by atoms with Gasteiger partial charge in [0.25, 0.3) is 0 Å². The lowest BCUT2D eigenvalue weighted by Gasteiger charge is -2.17. The number of nitrogens with zero attached hydrogens (tertiary/aromatic N) is 2. The van der Waals surface area contributed by atoms with Crippen LogP contribution in [0.15, 0.2) is 38.3 Å². The zero-order valence-corrected chi connectivity index (χ0v) is 16.6. The topological polar surface area (TPSA) is 113 Å². The number of esters is 1. The van der Waals surface area contributed by atoms with Gasteiger partial charge in [0.2, 0.25) is 11.2 Å². The third-order valence-corrected chi connectivity index (χ3v) is 4.90. The zero-order chi connectivity index (χ0) is 21.3. The second kappa shape index (κ2) is 7.96. The molecular formula is C20H22N2O7. The maximum absolute atomic E-state index is 12.2. The lowest BCUT2D eigenvalue weighted by atomic mass is 9.91. The van der Waals surface area contributed by atoms with E-state index < -0.39 is 23.1 Å². The van der Waals surface area contributed by atoms with Gasteiger partial charge in [0.15, 0.2) is 5.76 Å². The number of methoxy groups -OCH3 is 2. The highest BCUT2D eigenvalue weighted by atomic mass is 16.5. The van der Waals surface area contributed by atoms with Crippen LogP contribution in [-0.4, -0.2) is 34.4 Å². The molecular weight excluding hydrogens is 380 g/mol. The van der Waals surface area contributed by atoms with E-state index in [2.05, 4.69) is 0 Å². The summed E-state index contributed by atoms with van der Waals surface area (Å²) in [7, 11) is 6.00. The molecule has 29 heavy (non-hydrogen) atoms. The molecule has 0 aliphatic heterocycles. The first-order valence-corrected chi connectivity index (χ1v) is 8.85. The van der Waals surface area contributed by atoms with E-state index in [1.165, 1.54) is 23.4 Å². The summed E-state index contributed by atoms with van der Waals surface area (Å²) in [6.45, 7) is 0.0275. The summed E-state index contributed by atoms with van der Waals surface area (Å²) in [5, 5.41) is 10.4. The molecule has 0 spiro atoms. The van der Waals surface area contributed by atoms with Crippen molar-refractivity contribution in [3.8, 4) is 5.75 Å².